The van der Waals surface area contributed by atoms with Gasteiger partial charge >= 0.3 is 35.4 Å². The quantitative estimate of drug-likeness (QED) is 0.304. The van der Waals surface area contributed by atoms with E-state index in [9.17, 15) is 15.1 Å². The van der Waals surface area contributed by atoms with Crippen molar-refractivity contribution in [3.05, 3.63) is 17.4 Å². The molecule has 2 rings (SSSR count). The minimum Gasteiger partial charge on any atom is -0.710 e. The molecule has 2 aromatic rings. The molecule has 90 valence electrons. The Balaban J connectivity index is 0.00000162. The summed E-state index contributed by atoms with van der Waals surface area (Å²) < 4.78 is 1.45. The summed E-state index contributed by atoms with van der Waals surface area (Å²) in [7, 11) is 4.84. The molecule has 0 aliphatic carbocycles. The Morgan fingerprint density at radius 3 is 2.56 bits per heavy atom. The van der Waals surface area contributed by atoms with Gasteiger partial charge < -0.3 is 20.0 Å². The number of rotatable bonds is 2. The molecular formula is C9H10N5NaO3. The van der Waals surface area contributed by atoms with E-state index in [0.717, 1.165) is 0 Å². The molecule has 18 heavy (non-hydrogen) atoms. The van der Waals surface area contributed by atoms with Crippen molar-refractivity contribution in [2.24, 2.45) is 7.05 Å². The van der Waals surface area contributed by atoms with Gasteiger partial charge in [-0.15, -0.1) is 0 Å². The summed E-state index contributed by atoms with van der Waals surface area (Å²) in [6.45, 7) is 0. The Morgan fingerprint density at radius 1 is 1.44 bits per heavy atom. The number of carbonyl (C=O) groups is 1. The van der Waals surface area contributed by atoms with Gasteiger partial charge in [-0.05, 0) is 0 Å². The predicted molar refractivity (Wildman–Crippen MR) is 56.1 cm³/mol. The van der Waals surface area contributed by atoms with E-state index in [2.05, 4.69) is 9.97 Å². The molecule has 0 aliphatic heterocycles. The second kappa shape index (κ2) is 5.09. The fourth-order valence-electron chi connectivity index (χ4n) is 1.68. The van der Waals surface area contributed by atoms with E-state index in [-0.39, 0.29) is 45.5 Å². The van der Waals surface area contributed by atoms with Crippen LogP contribution in [0.15, 0.2) is 6.33 Å². The second-order valence-electron chi connectivity index (χ2n) is 3.73. The predicted octanol–water partition coefficient (Wildman–Crippen LogP) is -4.96. The first kappa shape index (κ1) is 14.7. The van der Waals surface area contributed by atoms with Gasteiger partial charge in [-0.1, -0.05) is 0 Å². The fourth-order valence-corrected chi connectivity index (χ4v) is 1.68. The van der Waals surface area contributed by atoms with E-state index in [1.165, 1.54) is 17.9 Å². The van der Waals surface area contributed by atoms with E-state index in [4.69, 9.17) is 0 Å². The van der Waals surface area contributed by atoms with Crippen molar-refractivity contribution in [1.82, 2.24) is 14.5 Å². The van der Waals surface area contributed by atoms with Gasteiger partial charge in [-0.3, -0.25) is 0 Å². The Kier molecular flexibility index (Phi) is 4.15. The number of carboxylic acid groups (broad SMARTS) is 1. The number of aromatic carboxylic acids is 1. The first-order chi connectivity index (χ1) is 7.95. The zero-order valence-corrected chi connectivity index (χ0v) is 12.5. The minimum absolute atomic E-state index is 0. The van der Waals surface area contributed by atoms with Crippen molar-refractivity contribution >= 4 is 23.0 Å². The van der Waals surface area contributed by atoms with Crippen LogP contribution in [0, 0.1) is 5.21 Å². The van der Waals surface area contributed by atoms with Crippen LogP contribution in [0.5, 0.6) is 0 Å². The van der Waals surface area contributed by atoms with E-state index >= 15 is 0 Å². The average molecular weight is 259 g/mol. The normalized spacial score (nSPS) is 10.2. The molecule has 0 aromatic carbocycles. The third kappa shape index (κ3) is 2.02. The van der Waals surface area contributed by atoms with Gasteiger partial charge in [-0.25, -0.2) is 14.3 Å². The minimum atomic E-state index is -1.55. The molecule has 0 amide bonds. The van der Waals surface area contributed by atoms with Crippen molar-refractivity contribution in [2.75, 3.05) is 19.0 Å². The summed E-state index contributed by atoms with van der Waals surface area (Å²) in [5.74, 6) is -1.69. The number of hydrogen-bond acceptors (Lipinski definition) is 6. The largest absolute Gasteiger partial charge is 1.00 e. The Morgan fingerprint density at radius 2 is 2.06 bits per heavy atom. The van der Waals surface area contributed by atoms with Crippen molar-refractivity contribution in [1.29, 1.82) is 0 Å². The van der Waals surface area contributed by atoms with Crippen LogP contribution in [0.3, 0.4) is 0 Å². The van der Waals surface area contributed by atoms with Crippen LogP contribution in [0.25, 0.3) is 11.2 Å². The SMILES string of the molecule is CN(C)c1ncnc2c1[n+]([O-])c(C(=O)[O-])n2C.[Na+]. The average Bonchev–Trinajstić information content (AvgIpc) is 2.51. The Bertz CT molecular complexity index is 610. The first-order valence-corrected chi connectivity index (χ1v) is 4.76. The molecule has 2 heterocycles. The number of hydrogen-bond donors (Lipinski definition) is 0. The Labute approximate surface area is 125 Å². The molecule has 0 fully saturated rings. The zero-order valence-electron chi connectivity index (χ0n) is 10.5. The zero-order chi connectivity index (χ0) is 12.7. The number of fused-ring (bicyclic) bond motifs is 1. The summed E-state index contributed by atoms with van der Waals surface area (Å²) in [5.41, 5.74) is 0.358. The topological polar surface area (TPSA) is 101 Å². The molecule has 8 nitrogen and oxygen atoms in total. The third-order valence-electron chi connectivity index (χ3n) is 2.42. The third-order valence-corrected chi connectivity index (χ3v) is 2.42. The maximum atomic E-state index is 11.9. The Hall–Kier alpha value is -1.38. The number of nitrogens with zero attached hydrogens (tertiary/aromatic N) is 5. The van der Waals surface area contributed by atoms with Crippen molar-refractivity contribution in [3.8, 4) is 0 Å². The number of anilines is 1. The van der Waals surface area contributed by atoms with Gasteiger partial charge in [0.05, 0.1) is 7.05 Å². The molecule has 0 saturated carbocycles. The van der Waals surface area contributed by atoms with Crippen LogP contribution >= 0.6 is 0 Å². The van der Waals surface area contributed by atoms with E-state index in [1.54, 1.807) is 19.0 Å². The molecule has 0 bridgehead atoms. The van der Waals surface area contributed by atoms with Crippen LogP contribution in [0.4, 0.5) is 5.82 Å². The summed E-state index contributed by atoms with van der Waals surface area (Å²) in [4.78, 5) is 20.3. The first-order valence-electron chi connectivity index (χ1n) is 4.76. The number of carbonyl (C=O) groups excluding carboxylic acids is 1. The van der Waals surface area contributed by atoms with Gasteiger partial charge in [-0.2, -0.15) is 4.98 Å². The molecule has 0 N–H and O–H groups in total. The molecule has 0 saturated heterocycles. The van der Waals surface area contributed by atoms with Crippen molar-refractivity contribution in [2.45, 2.75) is 0 Å². The number of aromatic nitrogens is 4. The molecular weight excluding hydrogens is 249 g/mol. The molecule has 0 spiro atoms. The fraction of sp³-hybridized carbons (Fsp3) is 0.333. The maximum Gasteiger partial charge on any atom is 1.00 e. The van der Waals surface area contributed by atoms with E-state index in [1.807, 2.05) is 0 Å². The molecule has 0 aliphatic rings. The maximum absolute atomic E-state index is 11.9. The van der Waals surface area contributed by atoms with E-state index < -0.39 is 11.8 Å². The molecule has 0 unspecified atom stereocenters. The molecule has 0 atom stereocenters. The van der Waals surface area contributed by atoms with Crippen LogP contribution < -0.4 is 44.3 Å². The van der Waals surface area contributed by atoms with Gasteiger partial charge in [0.1, 0.15) is 6.33 Å². The summed E-state index contributed by atoms with van der Waals surface area (Å²) >= 11 is 0. The molecule has 0 radical (unpaired) electrons. The molecule has 2 aromatic heterocycles. The smallest absolute Gasteiger partial charge is 0.710 e. The molecule has 9 heteroatoms. The number of imidazole rings is 1. The summed E-state index contributed by atoms with van der Waals surface area (Å²) in [5, 5.41) is 22.8. The summed E-state index contributed by atoms with van der Waals surface area (Å²) in [6.07, 6.45) is 1.27. The monoisotopic (exact) mass is 259 g/mol. The van der Waals surface area contributed by atoms with Crippen molar-refractivity contribution in [3.63, 3.8) is 0 Å². The van der Waals surface area contributed by atoms with Crippen LogP contribution in [0.1, 0.15) is 10.6 Å². The second-order valence-corrected chi connectivity index (χ2v) is 3.73. The van der Waals surface area contributed by atoms with E-state index in [0.29, 0.717) is 5.82 Å². The van der Waals surface area contributed by atoms with Gasteiger partial charge in [0.15, 0.2) is 11.8 Å². The number of aryl methyl sites for hydroxylation is 1. The van der Waals surface area contributed by atoms with Crippen LogP contribution in [-0.2, 0) is 7.05 Å². The van der Waals surface area contributed by atoms with Crippen molar-refractivity contribution < 1.29 is 44.2 Å². The van der Waals surface area contributed by atoms with Gasteiger partial charge in [0.2, 0.25) is 5.52 Å². The van der Waals surface area contributed by atoms with Gasteiger partial charge in [0.25, 0.3) is 5.65 Å². The van der Waals surface area contributed by atoms with Crippen LogP contribution in [0.2, 0.25) is 0 Å². The van der Waals surface area contributed by atoms with Crippen LogP contribution in [-0.4, -0.2) is 34.6 Å². The number of carboxylic acids is 1. The van der Waals surface area contributed by atoms with Gasteiger partial charge in [0, 0.05) is 14.1 Å². The summed E-state index contributed by atoms with van der Waals surface area (Å²) in [6, 6.07) is 0. The standard InChI is InChI=1S/C9H11N5O3.Na/c1-12(2)6-5-7(11-4-10-6)13(3)8(9(15)16)14(5)17;/h4H,1-3H3,(H,15,16);/q;+1/p-1.